The largest absolute Gasteiger partial charge is 0.383 e. The lowest BCUT2D eigenvalue weighted by Crippen LogP contribution is -2.06. The first-order chi connectivity index (χ1) is 7.88. The van der Waals surface area contributed by atoms with Crippen molar-refractivity contribution in [2.45, 2.75) is 13.1 Å². The summed E-state index contributed by atoms with van der Waals surface area (Å²) in [7, 11) is 1.68. The van der Waals surface area contributed by atoms with Crippen molar-refractivity contribution < 1.29 is 4.74 Å². The van der Waals surface area contributed by atoms with E-state index in [4.69, 9.17) is 4.74 Å². The molecule has 0 radical (unpaired) electrons. The van der Waals surface area contributed by atoms with Crippen molar-refractivity contribution >= 4 is 5.82 Å². The van der Waals surface area contributed by atoms with Crippen molar-refractivity contribution in [1.29, 1.82) is 0 Å². The molecule has 0 fully saturated rings. The summed E-state index contributed by atoms with van der Waals surface area (Å²) in [5, 5.41) is 14.3. The first-order valence-electron chi connectivity index (χ1n) is 5.13. The molecule has 0 aromatic carbocycles. The zero-order chi connectivity index (χ0) is 11.2. The summed E-state index contributed by atoms with van der Waals surface area (Å²) in [6.45, 7) is 2.13. The minimum atomic E-state index is 0.668. The topological polar surface area (TPSA) is 67.8 Å². The second kappa shape index (κ2) is 5.32. The number of anilines is 1. The fourth-order valence-electron chi connectivity index (χ4n) is 1.33. The summed E-state index contributed by atoms with van der Waals surface area (Å²) < 4.78 is 6.83. The molecule has 6 heteroatoms. The first kappa shape index (κ1) is 10.7. The van der Waals surface area contributed by atoms with E-state index in [0.29, 0.717) is 13.2 Å². The number of methoxy groups -OCH3 is 1. The van der Waals surface area contributed by atoms with Crippen LogP contribution in [0.25, 0.3) is 0 Å². The molecule has 0 aliphatic carbocycles. The molecule has 0 amide bonds. The first-order valence-corrected chi connectivity index (χ1v) is 5.13. The van der Waals surface area contributed by atoms with E-state index >= 15 is 0 Å². The SMILES string of the molecule is COCCn1ccc(NCc2ccn[nH]2)n1. The fraction of sp³-hybridized carbons (Fsp3) is 0.400. The lowest BCUT2D eigenvalue weighted by molar-refractivity contribution is 0.183. The third kappa shape index (κ3) is 2.83. The number of aromatic amines is 1. The lowest BCUT2D eigenvalue weighted by Gasteiger charge is -2.01. The summed E-state index contributed by atoms with van der Waals surface area (Å²) in [5.74, 6) is 0.853. The molecular formula is C10H15N5O. The van der Waals surface area contributed by atoms with Crippen LogP contribution in [0.5, 0.6) is 0 Å². The molecule has 0 unspecified atom stereocenters. The molecule has 2 rings (SSSR count). The van der Waals surface area contributed by atoms with Gasteiger partial charge in [0.1, 0.15) is 5.82 Å². The third-order valence-electron chi connectivity index (χ3n) is 2.18. The summed E-state index contributed by atoms with van der Waals surface area (Å²) >= 11 is 0. The van der Waals surface area contributed by atoms with E-state index < -0.39 is 0 Å². The van der Waals surface area contributed by atoms with Crippen molar-refractivity contribution in [3.63, 3.8) is 0 Å². The Morgan fingerprint density at radius 1 is 1.50 bits per heavy atom. The number of nitrogens with one attached hydrogen (secondary N) is 2. The van der Waals surface area contributed by atoms with E-state index in [2.05, 4.69) is 20.6 Å². The van der Waals surface area contributed by atoms with E-state index in [-0.39, 0.29) is 0 Å². The monoisotopic (exact) mass is 221 g/mol. The summed E-state index contributed by atoms with van der Waals surface area (Å²) in [4.78, 5) is 0. The van der Waals surface area contributed by atoms with Gasteiger partial charge in [-0.25, -0.2) is 0 Å². The van der Waals surface area contributed by atoms with Crippen LogP contribution in [0.3, 0.4) is 0 Å². The van der Waals surface area contributed by atoms with Gasteiger partial charge in [-0.2, -0.15) is 10.2 Å². The number of aromatic nitrogens is 4. The van der Waals surface area contributed by atoms with Crippen LogP contribution >= 0.6 is 0 Å². The normalized spacial score (nSPS) is 10.6. The predicted molar refractivity (Wildman–Crippen MR) is 60.0 cm³/mol. The molecule has 0 spiro atoms. The Balaban J connectivity index is 1.83. The van der Waals surface area contributed by atoms with Crippen LogP contribution < -0.4 is 5.32 Å². The zero-order valence-electron chi connectivity index (χ0n) is 9.18. The van der Waals surface area contributed by atoms with Crippen LogP contribution in [0.2, 0.25) is 0 Å². The molecule has 6 nitrogen and oxygen atoms in total. The maximum Gasteiger partial charge on any atom is 0.148 e. The highest BCUT2D eigenvalue weighted by Gasteiger charge is 1.99. The van der Waals surface area contributed by atoms with E-state index in [0.717, 1.165) is 18.1 Å². The van der Waals surface area contributed by atoms with E-state index in [1.165, 1.54) is 0 Å². The highest BCUT2D eigenvalue weighted by atomic mass is 16.5. The molecule has 16 heavy (non-hydrogen) atoms. The summed E-state index contributed by atoms with van der Waals surface area (Å²) in [6.07, 6.45) is 3.66. The second-order valence-corrected chi connectivity index (χ2v) is 3.39. The minimum Gasteiger partial charge on any atom is -0.383 e. The van der Waals surface area contributed by atoms with Crippen LogP contribution in [0.15, 0.2) is 24.5 Å². The van der Waals surface area contributed by atoms with Crippen molar-refractivity contribution in [2.75, 3.05) is 19.0 Å². The third-order valence-corrected chi connectivity index (χ3v) is 2.18. The summed E-state index contributed by atoms with van der Waals surface area (Å²) in [6, 6.07) is 3.86. The van der Waals surface area contributed by atoms with Gasteiger partial charge in [0.15, 0.2) is 0 Å². The van der Waals surface area contributed by atoms with Gasteiger partial charge in [-0.15, -0.1) is 0 Å². The predicted octanol–water partition coefficient (Wildman–Crippen LogP) is 0.865. The number of rotatable bonds is 6. The van der Waals surface area contributed by atoms with Crippen molar-refractivity contribution in [2.24, 2.45) is 0 Å². The molecule has 0 aliphatic rings. The highest BCUT2D eigenvalue weighted by Crippen LogP contribution is 2.04. The van der Waals surface area contributed by atoms with Gasteiger partial charge in [0.25, 0.3) is 0 Å². The average Bonchev–Trinajstić information content (AvgIpc) is 2.95. The van der Waals surface area contributed by atoms with Crippen LogP contribution in [-0.2, 0) is 17.8 Å². The van der Waals surface area contributed by atoms with Gasteiger partial charge in [-0.05, 0) is 6.07 Å². The zero-order valence-corrected chi connectivity index (χ0v) is 9.18. The maximum atomic E-state index is 4.98. The molecule has 2 aromatic rings. The molecule has 0 aliphatic heterocycles. The number of ether oxygens (including phenoxy) is 1. The maximum absolute atomic E-state index is 4.98. The number of H-pyrrole nitrogens is 1. The Morgan fingerprint density at radius 3 is 3.19 bits per heavy atom. The summed E-state index contributed by atoms with van der Waals surface area (Å²) in [5.41, 5.74) is 1.03. The average molecular weight is 221 g/mol. The number of nitrogens with zero attached hydrogens (tertiary/aromatic N) is 3. The Morgan fingerprint density at radius 2 is 2.44 bits per heavy atom. The van der Waals surface area contributed by atoms with Crippen molar-refractivity contribution in [1.82, 2.24) is 20.0 Å². The Hall–Kier alpha value is -1.82. The quantitative estimate of drug-likeness (QED) is 0.759. The molecule has 2 N–H and O–H groups in total. The van der Waals surface area contributed by atoms with Gasteiger partial charge in [0, 0.05) is 25.6 Å². The second-order valence-electron chi connectivity index (χ2n) is 3.39. The fourth-order valence-corrected chi connectivity index (χ4v) is 1.33. The molecule has 0 atom stereocenters. The molecular weight excluding hydrogens is 206 g/mol. The smallest absolute Gasteiger partial charge is 0.148 e. The Labute approximate surface area is 93.6 Å². The Kier molecular flexibility index (Phi) is 3.55. The number of hydrogen-bond acceptors (Lipinski definition) is 4. The number of hydrogen-bond donors (Lipinski definition) is 2. The van der Waals surface area contributed by atoms with Crippen LogP contribution in [0.1, 0.15) is 5.69 Å². The van der Waals surface area contributed by atoms with E-state index in [1.54, 1.807) is 13.3 Å². The van der Waals surface area contributed by atoms with Crippen molar-refractivity contribution in [3.05, 3.63) is 30.2 Å². The van der Waals surface area contributed by atoms with Gasteiger partial charge in [0.2, 0.25) is 0 Å². The highest BCUT2D eigenvalue weighted by molar-refractivity contribution is 5.32. The van der Waals surface area contributed by atoms with Crippen LogP contribution in [-0.4, -0.2) is 33.7 Å². The van der Waals surface area contributed by atoms with Gasteiger partial charge >= 0.3 is 0 Å². The van der Waals surface area contributed by atoms with Gasteiger partial charge in [-0.1, -0.05) is 0 Å². The van der Waals surface area contributed by atoms with Crippen molar-refractivity contribution in [3.8, 4) is 0 Å². The van der Waals surface area contributed by atoms with Crippen LogP contribution in [0.4, 0.5) is 5.82 Å². The molecule has 0 saturated carbocycles. The van der Waals surface area contributed by atoms with Gasteiger partial charge in [0.05, 0.1) is 25.4 Å². The van der Waals surface area contributed by atoms with E-state index in [9.17, 15) is 0 Å². The van der Waals surface area contributed by atoms with E-state index in [1.807, 2.05) is 23.0 Å². The molecule has 0 saturated heterocycles. The minimum absolute atomic E-state index is 0.668. The molecule has 2 heterocycles. The lowest BCUT2D eigenvalue weighted by atomic mass is 10.4. The molecule has 86 valence electrons. The standard InChI is InChI=1S/C10H15N5O/c1-16-7-6-15-5-3-10(14-15)11-8-9-2-4-12-13-9/h2-5H,6-8H2,1H3,(H,11,14)(H,12,13). The molecule has 2 aromatic heterocycles. The van der Waals surface area contributed by atoms with Gasteiger partial charge in [-0.3, -0.25) is 9.78 Å². The van der Waals surface area contributed by atoms with Gasteiger partial charge < -0.3 is 10.1 Å². The molecule has 0 bridgehead atoms. The Bertz CT molecular complexity index is 409. The van der Waals surface area contributed by atoms with Crippen LogP contribution in [0, 0.1) is 0 Å².